The van der Waals surface area contributed by atoms with Crippen molar-refractivity contribution in [1.82, 2.24) is 0 Å². The lowest BCUT2D eigenvalue weighted by atomic mass is 9.88. The van der Waals surface area contributed by atoms with E-state index in [1.54, 1.807) is 48.5 Å². The van der Waals surface area contributed by atoms with Crippen LogP contribution < -0.4 is 0 Å². The summed E-state index contributed by atoms with van der Waals surface area (Å²) >= 11 is 0. The number of hydrogen-bond donors (Lipinski definition) is 6. The van der Waals surface area contributed by atoms with Crippen LogP contribution in [0.5, 0.6) is 0 Å². The van der Waals surface area contributed by atoms with Crippen LogP contribution in [0.4, 0.5) is 0 Å². The molecule has 0 radical (unpaired) electrons. The zero-order valence-electron chi connectivity index (χ0n) is 43.2. The summed E-state index contributed by atoms with van der Waals surface area (Å²) in [6.07, 6.45) is 2.43. The molecule has 69 heavy (non-hydrogen) atoms. The van der Waals surface area contributed by atoms with Crippen LogP contribution in [-0.2, 0) is 66.6 Å². The molecular weight excluding hydrogens is 909 g/mol. The van der Waals surface area contributed by atoms with Crippen molar-refractivity contribution < 1.29 is 97.2 Å². The smallest absolute Gasteiger partial charge is 0.336 e. The molecular formula is C49H88O20. The predicted octanol–water partition coefficient (Wildman–Crippen LogP) is 4.02. The normalized spacial score (nSPS) is 11.6. The Morgan fingerprint density at radius 2 is 0.870 bits per heavy atom. The Balaban J connectivity index is -0.000000251. The topological polar surface area (TPSA) is 290 Å². The van der Waals surface area contributed by atoms with E-state index in [0.29, 0.717) is 69.2 Å². The van der Waals surface area contributed by atoms with Crippen LogP contribution >= 0.6 is 0 Å². The van der Waals surface area contributed by atoms with Gasteiger partial charge in [-0.15, -0.1) is 0 Å². The third-order valence-corrected chi connectivity index (χ3v) is 8.13. The number of esters is 5. The van der Waals surface area contributed by atoms with Crippen molar-refractivity contribution in [1.29, 1.82) is 0 Å². The number of hydrogen-bond acceptors (Lipinski definition) is 20. The summed E-state index contributed by atoms with van der Waals surface area (Å²) in [7, 11) is 0. The molecule has 20 heteroatoms. The number of aliphatic hydroxyl groups excluding tert-OH is 6. The highest BCUT2D eigenvalue weighted by Crippen LogP contribution is 2.18. The minimum atomic E-state index is -0.857. The lowest BCUT2D eigenvalue weighted by Crippen LogP contribution is -2.32. The van der Waals surface area contributed by atoms with E-state index in [9.17, 15) is 24.0 Å². The van der Waals surface area contributed by atoms with Gasteiger partial charge >= 0.3 is 29.8 Å². The van der Waals surface area contributed by atoms with E-state index < -0.39 is 47.7 Å². The molecule has 3 unspecified atom stereocenters. The SMILES string of the molecule is C=C(C)C(=O)OC(CCCCC)OC(=O)C(=C)C.C=C(C)C(=O)OCCOC(=O)C(=C)C.C=C(C)C(=O)OCCOCCOCCO.CC(O)COC(C)COC(C)CO.CCC(CO)(CO)CO. The Hall–Kier alpha value is -4.35. The molecule has 0 spiro atoms. The summed E-state index contributed by atoms with van der Waals surface area (Å²) in [5.74, 6) is -2.49. The van der Waals surface area contributed by atoms with Crippen molar-refractivity contribution in [3.8, 4) is 0 Å². The number of aliphatic hydroxyl groups is 6. The van der Waals surface area contributed by atoms with Crippen molar-refractivity contribution in [2.24, 2.45) is 5.41 Å². The fourth-order valence-electron chi connectivity index (χ4n) is 3.55. The number of ether oxygens (including phenoxy) is 9. The van der Waals surface area contributed by atoms with Crippen LogP contribution in [0.25, 0.3) is 0 Å². The van der Waals surface area contributed by atoms with Gasteiger partial charge in [0.05, 0.1) is 91.0 Å². The monoisotopic (exact) mass is 997 g/mol. The number of carbonyl (C=O) groups excluding carboxylic acids is 5. The van der Waals surface area contributed by atoms with Crippen LogP contribution in [0.3, 0.4) is 0 Å². The third kappa shape index (κ3) is 49.9. The molecule has 0 aromatic carbocycles. The highest BCUT2D eigenvalue weighted by atomic mass is 16.7. The summed E-state index contributed by atoms with van der Waals surface area (Å²) in [5, 5.41) is 51.9. The van der Waals surface area contributed by atoms with E-state index in [0.717, 1.165) is 19.3 Å². The Kier molecular flexibility index (Phi) is 51.9. The van der Waals surface area contributed by atoms with Crippen LogP contribution in [0.2, 0.25) is 0 Å². The highest BCUT2D eigenvalue weighted by molar-refractivity contribution is 5.89. The number of unbranched alkanes of at least 4 members (excludes halogenated alkanes) is 2. The van der Waals surface area contributed by atoms with Crippen molar-refractivity contribution in [2.75, 3.05) is 92.5 Å². The van der Waals surface area contributed by atoms with E-state index in [4.69, 9.17) is 63.8 Å². The molecule has 6 N–H and O–H groups in total. The quantitative estimate of drug-likeness (QED) is 0.0178. The zero-order valence-corrected chi connectivity index (χ0v) is 43.2. The van der Waals surface area contributed by atoms with Gasteiger partial charge in [-0.1, -0.05) is 59.6 Å². The van der Waals surface area contributed by atoms with Gasteiger partial charge < -0.3 is 73.3 Å². The summed E-state index contributed by atoms with van der Waals surface area (Å²) < 4.78 is 44.8. The Bertz CT molecular complexity index is 1360. The molecule has 3 atom stereocenters. The minimum absolute atomic E-state index is 0.0101. The van der Waals surface area contributed by atoms with Crippen LogP contribution in [0.15, 0.2) is 60.8 Å². The van der Waals surface area contributed by atoms with Gasteiger partial charge in [0.1, 0.15) is 19.8 Å². The summed E-state index contributed by atoms with van der Waals surface area (Å²) in [4.78, 5) is 55.4. The van der Waals surface area contributed by atoms with E-state index in [2.05, 4.69) is 49.3 Å². The molecule has 20 nitrogen and oxygen atoms in total. The van der Waals surface area contributed by atoms with Crippen molar-refractivity contribution in [3.05, 3.63) is 60.8 Å². The lowest BCUT2D eigenvalue weighted by molar-refractivity contribution is -0.183. The van der Waals surface area contributed by atoms with Crippen molar-refractivity contribution >= 4 is 29.8 Å². The molecule has 0 aromatic rings. The maximum atomic E-state index is 11.4. The van der Waals surface area contributed by atoms with Gasteiger partial charge in [0.15, 0.2) is 0 Å². The lowest BCUT2D eigenvalue weighted by Gasteiger charge is -2.24. The maximum absolute atomic E-state index is 11.4. The number of carbonyl (C=O) groups is 5. The maximum Gasteiger partial charge on any atom is 0.336 e. The number of rotatable bonds is 33. The Morgan fingerprint density at radius 3 is 1.17 bits per heavy atom. The molecule has 0 aliphatic carbocycles. The van der Waals surface area contributed by atoms with Gasteiger partial charge in [-0.3, -0.25) is 0 Å². The van der Waals surface area contributed by atoms with E-state index in [-0.39, 0.29) is 76.2 Å². The van der Waals surface area contributed by atoms with Gasteiger partial charge in [0.2, 0.25) is 6.29 Å². The second-order valence-corrected chi connectivity index (χ2v) is 15.6. The fraction of sp³-hybridized carbons (Fsp3) is 0.694. The molecule has 0 rings (SSSR count). The molecule has 0 saturated carbocycles. The second-order valence-electron chi connectivity index (χ2n) is 15.6. The Morgan fingerprint density at radius 1 is 0.507 bits per heavy atom. The fourth-order valence-corrected chi connectivity index (χ4v) is 3.55. The standard InChI is InChI=1S/C14H22O4.C10H18O5.C10H14O4.C9H20O4.C6H14O3/c1-6-7-8-9-12(17-13(15)10(2)3)18-14(16)11(4)5;1-9(2)10(12)15-8-7-14-6-5-13-4-3-11;1-7(2)9(11)13-5-6-14-10(12)8(3)4;1-7(11)5-12-9(3)6-13-8(2)4-10;1-2-6(3-7,4-8)5-9/h12H,2,4,6-9H2,1,3,5H3;11H,1,3-8H2,2H3;1,3,5-6H2,2,4H3;7-11H,4-6H2,1-3H3;7-9H,2-5H2,1H3. The average molecular weight is 997 g/mol. The summed E-state index contributed by atoms with van der Waals surface area (Å²) in [6.45, 7) is 36.3. The highest BCUT2D eigenvalue weighted by Gasteiger charge is 2.25. The van der Waals surface area contributed by atoms with Gasteiger partial charge in [-0.05, 0) is 68.2 Å². The molecule has 0 bridgehead atoms. The van der Waals surface area contributed by atoms with Crippen LogP contribution in [-0.4, -0.2) is 178 Å². The van der Waals surface area contributed by atoms with Gasteiger partial charge in [-0.2, -0.15) is 0 Å². The molecule has 0 heterocycles. The van der Waals surface area contributed by atoms with Gasteiger partial charge in [0, 0.05) is 39.7 Å². The predicted molar refractivity (Wildman–Crippen MR) is 259 cm³/mol. The summed E-state index contributed by atoms with van der Waals surface area (Å²) in [5.41, 5.74) is 0.900. The molecule has 0 amide bonds. The summed E-state index contributed by atoms with van der Waals surface area (Å²) in [6, 6.07) is 0. The molecule has 0 saturated heterocycles. The first-order chi connectivity index (χ1) is 32.3. The average Bonchev–Trinajstić information content (AvgIpc) is 3.31. The largest absolute Gasteiger partial charge is 0.460 e. The zero-order chi connectivity index (χ0) is 54.4. The second kappa shape index (κ2) is 48.7. The first-order valence-corrected chi connectivity index (χ1v) is 22.6. The van der Waals surface area contributed by atoms with Crippen LogP contribution in [0, 0.1) is 5.41 Å². The van der Waals surface area contributed by atoms with Crippen LogP contribution in [0.1, 0.15) is 101 Å². The van der Waals surface area contributed by atoms with Gasteiger partial charge in [-0.25, -0.2) is 24.0 Å². The molecule has 0 fully saturated rings. The minimum Gasteiger partial charge on any atom is -0.460 e. The Labute approximate surface area is 410 Å². The van der Waals surface area contributed by atoms with E-state index in [1.807, 2.05) is 13.8 Å². The first-order valence-electron chi connectivity index (χ1n) is 22.6. The first kappa shape index (κ1) is 73.6. The molecule has 404 valence electrons. The van der Waals surface area contributed by atoms with E-state index >= 15 is 0 Å². The van der Waals surface area contributed by atoms with Gasteiger partial charge in [0.25, 0.3) is 0 Å². The molecule has 0 aromatic heterocycles. The van der Waals surface area contributed by atoms with E-state index in [1.165, 1.54) is 0 Å². The molecule has 0 aliphatic rings. The van der Waals surface area contributed by atoms with Crippen molar-refractivity contribution in [3.63, 3.8) is 0 Å². The van der Waals surface area contributed by atoms with Crippen molar-refractivity contribution in [2.45, 2.75) is 126 Å². The molecule has 0 aliphatic heterocycles. The third-order valence-electron chi connectivity index (χ3n) is 8.13.